The summed E-state index contributed by atoms with van der Waals surface area (Å²) in [6, 6.07) is 13.4. The Labute approximate surface area is 187 Å². The molecule has 0 radical (unpaired) electrons. The van der Waals surface area contributed by atoms with Crippen molar-refractivity contribution >= 4 is 27.5 Å². The molecule has 0 bridgehead atoms. The van der Waals surface area contributed by atoms with Crippen LogP contribution in [0.5, 0.6) is 0 Å². The Morgan fingerprint density at radius 1 is 1.10 bits per heavy atom. The van der Waals surface area contributed by atoms with E-state index < -0.39 is 0 Å². The molecule has 164 valence electrons. The molecule has 1 saturated heterocycles. The highest BCUT2D eigenvalue weighted by molar-refractivity contribution is 7.20. The number of piperidine rings is 1. The first-order valence-corrected chi connectivity index (χ1v) is 12.2. The van der Waals surface area contributed by atoms with Gasteiger partial charge in [-0.05, 0) is 76.7 Å². The van der Waals surface area contributed by atoms with Gasteiger partial charge in [-0.25, -0.2) is 4.68 Å². The van der Waals surface area contributed by atoms with Gasteiger partial charge in [-0.3, -0.25) is 4.79 Å². The fraction of sp³-hybridized carbons (Fsp3) is 0.500. The van der Waals surface area contributed by atoms with E-state index in [9.17, 15) is 4.79 Å². The molecule has 31 heavy (non-hydrogen) atoms. The number of aromatic nitrogens is 2. The number of carbonyl (C=O) groups excluding carboxylic acids is 1. The van der Waals surface area contributed by atoms with E-state index in [1.165, 1.54) is 11.3 Å². The van der Waals surface area contributed by atoms with Gasteiger partial charge in [0.05, 0.1) is 16.3 Å². The van der Waals surface area contributed by atoms with Crippen molar-refractivity contribution in [3.63, 3.8) is 0 Å². The number of hydrogen-bond donors (Lipinski definition) is 2. The first-order valence-electron chi connectivity index (χ1n) is 11.4. The highest BCUT2D eigenvalue weighted by atomic mass is 32.1. The number of para-hydroxylation sites is 1. The van der Waals surface area contributed by atoms with E-state index in [0.717, 1.165) is 78.1 Å². The summed E-state index contributed by atoms with van der Waals surface area (Å²) in [5.74, 6) is 0.0487. The molecule has 3 aromatic rings. The highest BCUT2D eigenvalue weighted by Crippen LogP contribution is 2.31. The van der Waals surface area contributed by atoms with Crippen LogP contribution in [-0.4, -0.2) is 51.8 Å². The zero-order valence-electron chi connectivity index (χ0n) is 18.1. The Morgan fingerprint density at radius 2 is 1.81 bits per heavy atom. The first kappa shape index (κ1) is 20.7. The average molecular weight is 438 g/mol. The van der Waals surface area contributed by atoms with Crippen molar-refractivity contribution in [2.45, 2.75) is 63.6 Å². The number of nitrogens with two attached hydrogens (primary N) is 1. The van der Waals surface area contributed by atoms with Gasteiger partial charge in [-0.1, -0.05) is 18.2 Å². The minimum Gasteiger partial charge on any atom is -0.349 e. The summed E-state index contributed by atoms with van der Waals surface area (Å²) >= 11 is 1.53. The summed E-state index contributed by atoms with van der Waals surface area (Å²) in [6.07, 6.45) is 6.66. The third-order valence-electron chi connectivity index (χ3n) is 6.89. The summed E-state index contributed by atoms with van der Waals surface area (Å²) in [5.41, 5.74) is 8.03. The number of fused-ring (bicyclic) bond motifs is 1. The lowest BCUT2D eigenvalue weighted by molar-refractivity contribution is 0.0883. The number of hydrogen-bond acceptors (Lipinski definition) is 5. The lowest BCUT2D eigenvalue weighted by Gasteiger charge is -2.40. The van der Waals surface area contributed by atoms with Crippen LogP contribution in [0.1, 0.15) is 53.9 Å². The second-order valence-electron chi connectivity index (χ2n) is 9.01. The molecule has 7 heteroatoms. The molecule has 0 spiro atoms. The van der Waals surface area contributed by atoms with Crippen molar-refractivity contribution in [2.24, 2.45) is 5.73 Å². The largest absolute Gasteiger partial charge is 0.349 e. The number of nitrogens with one attached hydrogen (secondary N) is 1. The summed E-state index contributed by atoms with van der Waals surface area (Å²) in [7, 11) is 0. The predicted molar refractivity (Wildman–Crippen MR) is 126 cm³/mol. The van der Waals surface area contributed by atoms with Crippen LogP contribution in [0.25, 0.3) is 15.9 Å². The van der Waals surface area contributed by atoms with Gasteiger partial charge < -0.3 is 16.0 Å². The zero-order valence-corrected chi connectivity index (χ0v) is 18.9. The second-order valence-corrected chi connectivity index (χ2v) is 10.0. The lowest BCUT2D eigenvalue weighted by Crippen LogP contribution is -2.48. The molecule has 2 fully saturated rings. The first-order chi connectivity index (χ1) is 15.1. The van der Waals surface area contributed by atoms with Crippen LogP contribution < -0.4 is 11.1 Å². The van der Waals surface area contributed by atoms with Gasteiger partial charge in [-0.2, -0.15) is 5.10 Å². The molecule has 0 atom stereocenters. The van der Waals surface area contributed by atoms with Gasteiger partial charge >= 0.3 is 0 Å². The molecule has 1 aromatic carbocycles. The molecule has 1 amide bonds. The van der Waals surface area contributed by atoms with Crippen LogP contribution >= 0.6 is 11.3 Å². The second kappa shape index (κ2) is 8.73. The molecule has 2 aromatic heterocycles. The topological polar surface area (TPSA) is 76.2 Å². The van der Waals surface area contributed by atoms with E-state index in [1.807, 2.05) is 48.0 Å². The maximum atomic E-state index is 13.0. The molecule has 0 unspecified atom stereocenters. The quantitative estimate of drug-likeness (QED) is 0.650. The zero-order chi connectivity index (χ0) is 21.4. The monoisotopic (exact) mass is 437 g/mol. The van der Waals surface area contributed by atoms with E-state index in [2.05, 4.69) is 15.3 Å². The molecule has 1 saturated carbocycles. The molecule has 3 heterocycles. The van der Waals surface area contributed by atoms with Crippen LogP contribution in [-0.2, 0) is 0 Å². The van der Waals surface area contributed by atoms with Crippen molar-refractivity contribution in [3.05, 3.63) is 47.0 Å². The van der Waals surface area contributed by atoms with Crippen molar-refractivity contribution in [3.8, 4) is 5.69 Å². The summed E-state index contributed by atoms with van der Waals surface area (Å²) in [6.45, 7) is 4.26. The van der Waals surface area contributed by atoms with Crippen molar-refractivity contribution < 1.29 is 4.79 Å². The van der Waals surface area contributed by atoms with Gasteiger partial charge in [0.15, 0.2) is 0 Å². The van der Waals surface area contributed by atoms with Crippen molar-refractivity contribution in [1.82, 2.24) is 20.0 Å². The number of nitrogens with zero attached hydrogens (tertiary/aromatic N) is 3. The number of amides is 1. The van der Waals surface area contributed by atoms with E-state index in [-0.39, 0.29) is 11.9 Å². The van der Waals surface area contributed by atoms with Crippen LogP contribution in [0, 0.1) is 6.92 Å². The Morgan fingerprint density at radius 3 is 2.52 bits per heavy atom. The molecule has 2 aliphatic rings. The maximum absolute atomic E-state index is 13.0. The SMILES string of the molecule is Cc1nn(-c2ccccc2)c2sc(C(=O)NC3CCC(N4CCC(N)CC4)CC3)cc12. The number of thiophene rings is 1. The Bertz CT molecular complexity index is 1040. The molecule has 1 aliphatic heterocycles. The van der Waals surface area contributed by atoms with E-state index >= 15 is 0 Å². The van der Waals surface area contributed by atoms with Crippen LogP contribution in [0.2, 0.25) is 0 Å². The molecule has 1 aliphatic carbocycles. The standard InChI is InChI=1S/C24H31N5OS/c1-16-21-15-22(31-24(21)29(27-16)20-5-3-2-4-6-20)23(30)26-18-7-9-19(10-8-18)28-13-11-17(25)12-14-28/h2-6,15,17-19H,7-14,25H2,1H3,(H,26,30). The lowest BCUT2D eigenvalue weighted by atomic mass is 9.88. The van der Waals surface area contributed by atoms with E-state index in [1.54, 1.807) is 0 Å². The molecule has 5 rings (SSSR count). The smallest absolute Gasteiger partial charge is 0.261 e. The fourth-order valence-corrected chi connectivity index (χ4v) is 6.12. The predicted octanol–water partition coefficient (Wildman–Crippen LogP) is 3.86. The van der Waals surface area contributed by atoms with Gasteiger partial charge in [0.2, 0.25) is 0 Å². The summed E-state index contributed by atoms with van der Waals surface area (Å²) in [5, 5.41) is 9.04. The summed E-state index contributed by atoms with van der Waals surface area (Å²) < 4.78 is 1.95. The van der Waals surface area contributed by atoms with Gasteiger partial charge in [0.25, 0.3) is 5.91 Å². The van der Waals surface area contributed by atoms with Gasteiger partial charge in [0, 0.05) is 23.5 Å². The van der Waals surface area contributed by atoms with Crippen molar-refractivity contribution in [2.75, 3.05) is 13.1 Å². The number of carbonyl (C=O) groups is 1. The van der Waals surface area contributed by atoms with Gasteiger partial charge in [-0.15, -0.1) is 11.3 Å². The molecule has 3 N–H and O–H groups in total. The van der Waals surface area contributed by atoms with Crippen LogP contribution in [0.4, 0.5) is 0 Å². The van der Waals surface area contributed by atoms with E-state index in [4.69, 9.17) is 5.73 Å². The minimum absolute atomic E-state index is 0.0487. The van der Waals surface area contributed by atoms with E-state index in [0.29, 0.717) is 12.1 Å². The number of rotatable bonds is 4. The molecular weight excluding hydrogens is 406 g/mol. The highest BCUT2D eigenvalue weighted by Gasteiger charge is 2.29. The number of aryl methyl sites for hydroxylation is 1. The third-order valence-corrected chi connectivity index (χ3v) is 8.00. The van der Waals surface area contributed by atoms with Crippen LogP contribution in [0.15, 0.2) is 36.4 Å². The fourth-order valence-electron chi connectivity index (χ4n) is 5.03. The van der Waals surface area contributed by atoms with Crippen molar-refractivity contribution in [1.29, 1.82) is 0 Å². The Kier molecular flexibility index (Phi) is 5.82. The van der Waals surface area contributed by atoms with Crippen LogP contribution in [0.3, 0.4) is 0 Å². The molecular formula is C24H31N5OS. The summed E-state index contributed by atoms with van der Waals surface area (Å²) in [4.78, 5) is 17.4. The number of likely N-dealkylation sites (tertiary alicyclic amines) is 1. The Balaban J connectivity index is 1.23. The third kappa shape index (κ3) is 4.27. The minimum atomic E-state index is 0.0487. The average Bonchev–Trinajstić information content (AvgIpc) is 3.36. The maximum Gasteiger partial charge on any atom is 0.261 e. The number of benzene rings is 1. The molecule has 6 nitrogen and oxygen atoms in total. The normalized spacial score (nSPS) is 23.3. The Hall–Kier alpha value is -2.22. The van der Waals surface area contributed by atoms with Gasteiger partial charge in [0.1, 0.15) is 4.83 Å².